The first-order valence-corrected chi connectivity index (χ1v) is 46.0. The second-order valence-electron chi connectivity index (χ2n) is 33.9. The van der Waals surface area contributed by atoms with Gasteiger partial charge >= 0.3 is 0 Å². The lowest BCUT2D eigenvalue weighted by atomic mass is 10.0. The summed E-state index contributed by atoms with van der Waals surface area (Å²) in [5.41, 5.74) is 29.8. The Morgan fingerprint density at radius 2 is 0.517 bits per heavy atom. The molecule has 0 radical (unpaired) electrons. The topological polar surface area (TPSA) is 327 Å². The Labute approximate surface area is 830 Å². The third-order valence-electron chi connectivity index (χ3n) is 25.5. The van der Waals surface area contributed by atoms with Crippen molar-refractivity contribution in [3.05, 3.63) is 481 Å². The van der Waals surface area contributed by atoms with Crippen molar-refractivity contribution >= 4 is 109 Å². The number of nitriles is 10. The summed E-state index contributed by atoms with van der Waals surface area (Å²) in [4.78, 5) is 21.9. The molecule has 145 heavy (non-hydrogen) atoms. The molecule has 670 valence electrons. The van der Waals surface area contributed by atoms with Crippen molar-refractivity contribution in [3.8, 4) is 145 Å². The highest BCUT2D eigenvalue weighted by Gasteiger charge is 2.22. The number of aromatic nitrogens is 10. The Kier molecular flexibility index (Phi) is 24.3. The van der Waals surface area contributed by atoms with E-state index in [0.29, 0.717) is 61.6 Å². The van der Waals surface area contributed by atoms with Crippen molar-refractivity contribution in [1.29, 1.82) is 52.6 Å². The minimum Gasteiger partial charge on any atom is -0.309 e. The van der Waals surface area contributed by atoms with Gasteiger partial charge in [0.25, 0.3) is 0 Å². The zero-order valence-corrected chi connectivity index (χ0v) is 76.9. The minimum absolute atomic E-state index is 0.397. The van der Waals surface area contributed by atoms with Crippen LogP contribution in [0.25, 0.3) is 194 Å². The molecule has 25 aromatic rings. The largest absolute Gasteiger partial charge is 0.309 e. The molecule has 15 aromatic carbocycles. The average Bonchev–Trinajstić information content (AvgIpc) is 1.61. The molecule has 0 saturated carbocycles. The molecule has 0 atom stereocenters. The summed E-state index contributed by atoms with van der Waals surface area (Å²) in [7, 11) is 0. The van der Waals surface area contributed by atoms with Gasteiger partial charge in [-0.1, -0.05) is 158 Å². The van der Waals surface area contributed by atoms with Crippen LogP contribution in [-0.2, 0) is 0 Å². The molecule has 25 rings (SSSR count). The van der Waals surface area contributed by atoms with E-state index in [9.17, 15) is 42.1 Å². The Morgan fingerprint density at radius 1 is 0.186 bits per heavy atom. The molecule has 20 heteroatoms. The highest BCUT2D eigenvalue weighted by Crippen LogP contribution is 2.42. The summed E-state index contributed by atoms with van der Waals surface area (Å²) in [6.07, 6.45) is 6.58. The maximum atomic E-state index is 9.44. The van der Waals surface area contributed by atoms with E-state index >= 15 is 0 Å². The fraction of sp³-hybridized carbons (Fsp3) is 0. The average molecular weight is 1850 g/mol. The normalized spacial score (nSPS) is 10.7. The van der Waals surface area contributed by atoms with Gasteiger partial charge in [-0.2, -0.15) is 52.6 Å². The fourth-order valence-corrected chi connectivity index (χ4v) is 19.0. The van der Waals surface area contributed by atoms with E-state index in [1.165, 1.54) is 0 Å². The van der Waals surface area contributed by atoms with E-state index in [1.807, 2.05) is 255 Å². The van der Waals surface area contributed by atoms with Crippen LogP contribution in [0.3, 0.4) is 0 Å². The number of pyridine rings is 5. The summed E-state index contributed by atoms with van der Waals surface area (Å²) in [5, 5.41) is 104. The summed E-state index contributed by atoms with van der Waals surface area (Å²) >= 11 is 0. The van der Waals surface area contributed by atoms with Crippen molar-refractivity contribution in [1.82, 2.24) is 47.8 Å². The summed E-state index contributed by atoms with van der Waals surface area (Å²) in [6.45, 7) is 0. The van der Waals surface area contributed by atoms with Crippen LogP contribution in [0.5, 0.6) is 0 Å². The van der Waals surface area contributed by atoms with Crippen LogP contribution in [0.4, 0.5) is 0 Å². The molecule has 0 aliphatic carbocycles. The van der Waals surface area contributed by atoms with Gasteiger partial charge in [0, 0.05) is 135 Å². The van der Waals surface area contributed by atoms with Gasteiger partial charge in [0.15, 0.2) is 0 Å². The number of rotatable bonds is 10. The first kappa shape index (κ1) is 89.5. The predicted octanol–water partition coefficient (Wildman–Crippen LogP) is 27.9. The number of hydrogen-bond acceptors (Lipinski definition) is 15. The van der Waals surface area contributed by atoms with Gasteiger partial charge < -0.3 is 22.8 Å². The lowest BCUT2D eigenvalue weighted by Gasteiger charge is -2.10. The van der Waals surface area contributed by atoms with Gasteiger partial charge in [-0.25, -0.2) is 9.97 Å². The fourth-order valence-electron chi connectivity index (χ4n) is 19.0. The van der Waals surface area contributed by atoms with Crippen molar-refractivity contribution in [3.63, 3.8) is 0 Å². The number of nitrogens with zero attached hydrogens (tertiary/aromatic N) is 20. The van der Waals surface area contributed by atoms with Gasteiger partial charge in [-0.3, -0.25) is 15.0 Å². The molecule has 0 spiro atoms. The van der Waals surface area contributed by atoms with Gasteiger partial charge in [0.05, 0.1) is 159 Å². The lowest BCUT2D eigenvalue weighted by molar-refractivity contribution is 1.18. The second-order valence-corrected chi connectivity index (χ2v) is 33.9. The van der Waals surface area contributed by atoms with E-state index < -0.39 is 0 Å². The van der Waals surface area contributed by atoms with Crippen LogP contribution in [0.2, 0.25) is 0 Å². The Morgan fingerprint density at radius 3 is 0.897 bits per heavy atom. The molecule has 0 unspecified atom stereocenters. The molecule has 0 amide bonds. The zero-order chi connectivity index (χ0) is 99.0. The highest BCUT2D eigenvalue weighted by molar-refractivity contribution is 6.14. The molecule has 0 N–H and O–H groups in total. The quantitative estimate of drug-likeness (QED) is 0.123. The molecular formula is C125H70N20. The smallest absolute Gasteiger partial charge is 0.148 e. The monoisotopic (exact) mass is 1850 g/mol. The number of para-hydroxylation sites is 5. The molecule has 0 fully saturated rings. The van der Waals surface area contributed by atoms with E-state index in [4.69, 9.17) is 10.5 Å². The van der Waals surface area contributed by atoms with E-state index in [2.05, 4.69) is 218 Å². The lowest BCUT2D eigenvalue weighted by Crippen LogP contribution is -1.95. The standard InChI is InChI=1S/5C25H14N4/c26-15-17-11-12-25-22(13-17)21-8-1-2-10-24(21)29(25)20-7-3-5-18(14-20)23-9-4-6-19(16-27)28-23;26-15-17-10-11-24-22(13-17)21-8-1-2-9-23(21)29(24)20-7-3-5-18(14-20)25-19(16-27)6-4-12-28-25;26-15-17-10-11-25-22(13-17)21-7-1-2-9-24(21)29(25)19-6-3-5-18(14-19)20-8-4-12-28-23(20)16-27;26-14-17-9-11-25-22(12-17)21-6-1-2-7-24(21)29(25)20-5-3-4-19(13-20)23-10-8-18(15-27)16-28-23;26-15-17-8-9-25-22(12-17)21-6-1-2-7-24(21)29(25)20-5-3-4-19(14-20)23-13-18(16-27)10-11-28-23/h3*1-14H;1-13,16H;1-14H. The van der Waals surface area contributed by atoms with Gasteiger partial charge in [-0.15, -0.1) is 0 Å². The maximum Gasteiger partial charge on any atom is 0.148 e. The van der Waals surface area contributed by atoms with Gasteiger partial charge in [0.1, 0.15) is 35.7 Å². The molecular weight excluding hydrogens is 1780 g/mol. The second kappa shape index (κ2) is 39.3. The molecule has 0 bridgehead atoms. The van der Waals surface area contributed by atoms with Crippen LogP contribution >= 0.6 is 0 Å². The Balaban J connectivity index is 0.000000107. The predicted molar refractivity (Wildman–Crippen MR) is 567 cm³/mol. The Bertz CT molecular complexity index is 9570. The highest BCUT2D eigenvalue weighted by atomic mass is 15.0. The van der Waals surface area contributed by atoms with E-state index in [0.717, 1.165) is 188 Å². The van der Waals surface area contributed by atoms with Crippen LogP contribution in [0.1, 0.15) is 55.9 Å². The molecule has 0 aliphatic rings. The first-order chi connectivity index (χ1) is 71.4. The summed E-state index contributed by atoms with van der Waals surface area (Å²) in [5.74, 6) is 0. The third-order valence-corrected chi connectivity index (χ3v) is 25.5. The summed E-state index contributed by atoms with van der Waals surface area (Å²) < 4.78 is 11.0. The number of hydrogen-bond donors (Lipinski definition) is 0. The van der Waals surface area contributed by atoms with Gasteiger partial charge in [0.2, 0.25) is 0 Å². The van der Waals surface area contributed by atoms with Crippen molar-refractivity contribution < 1.29 is 0 Å². The van der Waals surface area contributed by atoms with Crippen LogP contribution in [0.15, 0.2) is 425 Å². The van der Waals surface area contributed by atoms with E-state index in [1.54, 1.807) is 61.2 Å². The number of fused-ring (bicyclic) bond motifs is 15. The van der Waals surface area contributed by atoms with Crippen molar-refractivity contribution in [2.45, 2.75) is 0 Å². The van der Waals surface area contributed by atoms with Crippen LogP contribution < -0.4 is 0 Å². The van der Waals surface area contributed by atoms with E-state index in [-0.39, 0.29) is 0 Å². The molecule has 0 aliphatic heterocycles. The zero-order valence-electron chi connectivity index (χ0n) is 76.9. The minimum atomic E-state index is 0.397. The van der Waals surface area contributed by atoms with Crippen LogP contribution in [0, 0.1) is 113 Å². The third kappa shape index (κ3) is 17.1. The van der Waals surface area contributed by atoms with Gasteiger partial charge in [-0.05, 0) is 248 Å². The molecule has 10 heterocycles. The Hall–Kier alpha value is -22.0. The van der Waals surface area contributed by atoms with Crippen LogP contribution in [-0.4, -0.2) is 47.8 Å². The molecule has 10 aromatic heterocycles. The van der Waals surface area contributed by atoms with Crippen molar-refractivity contribution in [2.75, 3.05) is 0 Å². The van der Waals surface area contributed by atoms with Crippen molar-refractivity contribution in [2.24, 2.45) is 0 Å². The number of benzene rings is 15. The first-order valence-electron chi connectivity index (χ1n) is 46.0. The maximum absolute atomic E-state index is 9.44. The SMILES string of the molecule is N#Cc1ccc(-c2cccc(-n3c4ccccc4c4cc(C#N)ccc43)c2)nc1.N#Cc1ccc2c(c1)c1ccccc1n2-c1cccc(-c2cccc(C#N)n2)c1.N#Cc1ccc2c(c1)c1ccccc1n2-c1cccc(-c2cccnc2C#N)c1.N#Cc1ccc2c(c1)c1ccccc1n2-c1cccc(-c2ncccc2C#N)c1.N#Cc1ccnc(-c2cccc(-n3c4ccccc4c4cc(C#N)ccc43)c2)c1. The summed E-state index contributed by atoms with van der Waals surface area (Å²) in [6, 6.07) is 152. The molecule has 20 nitrogen and oxygen atoms in total. The molecule has 0 saturated heterocycles.